The Morgan fingerprint density at radius 2 is 1.53 bits per heavy atom. The quantitative estimate of drug-likeness (QED) is 0.178. The Bertz CT molecular complexity index is 831. The second kappa shape index (κ2) is 12.4. The lowest BCUT2D eigenvalue weighted by Crippen LogP contribution is -2.60. The van der Waals surface area contributed by atoms with Crippen molar-refractivity contribution in [3.8, 4) is 0 Å². The first-order valence-electron chi connectivity index (χ1n) is 9.82. The molecule has 0 aliphatic carbocycles. The fraction of sp³-hybridized carbons (Fsp3) is 0.450. The molecule has 5 unspecified atom stereocenters. The van der Waals surface area contributed by atoms with Crippen LogP contribution in [-0.4, -0.2) is 70.1 Å². The number of nitrogens with two attached hydrogens (primary N) is 2. The topological polar surface area (TPSA) is 214 Å². The molecule has 5 atom stereocenters. The lowest BCUT2D eigenvalue weighted by Gasteiger charge is -2.25. The van der Waals surface area contributed by atoms with E-state index in [0.29, 0.717) is 0 Å². The fourth-order valence-corrected chi connectivity index (χ4v) is 2.67. The molecule has 12 heteroatoms. The highest BCUT2D eigenvalue weighted by molar-refractivity contribution is 5.96. The van der Waals surface area contributed by atoms with Gasteiger partial charge in [-0.1, -0.05) is 30.3 Å². The van der Waals surface area contributed by atoms with E-state index in [9.17, 15) is 29.1 Å². The molecule has 0 saturated heterocycles. The molecule has 0 bridgehead atoms. The molecule has 0 aromatic heterocycles. The first kappa shape index (κ1) is 26.5. The summed E-state index contributed by atoms with van der Waals surface area (Å²) >= 11 is 0. The number of primary amides is 1. The van der Waals surface area contributed by atoms with Gasteiger partial charge in [-0.15, -0.1) is 0 Å². The average molecular weight is 451 g/mol. The lowest BCUT2D eigenvalue weighted by molar-refractivity contribution is -0.142. The van der Waals surface area contributed by atoms with E-state index in [1.165, 1.54) is 13.8 Å². The van der Waals surface area contributed by atoms with Crippen molar-refractivity contribution in [3.63, 3.8) is 0 Å². The van der Waals surface area contributed by atoms with E-state index in [1.54, 1.807) is 30.3 Å². The Morgan fingerprint density at radius 1 is 0.938 bits per heavy atom. The molecule has 176 valence electrons. The van der Waals surface area contributed by atoms with Crippen molar-refractivity contribution >= 4 is 29.6 Å². The largest absolute Gasteiger partial charge is 0.480 e. The van der Waals surface area contributed by atoms with Crippen LogP contribution in [-0.2, 0) is 30.4 Å². The number of carboxylic acids is 1. The van der Waals surface area contributed by atoms with Crippen LogP contribution >= 0.6 is 0 Å². The monoisotopic (exact) mass is 451 g/mol. The third-order valence-electron chi connectivity index (χ3n) is 4.47. The van der Waals surface area contributed by atoms with Crippen molar-refractivity contribution in [2.24, 2.45) is 11.5 Å². The minimum atomic E-state index is -1.52. The van der Waals surface area contributed by atoms with Crippen molar-refractivity contribution in [2.45, 2.75) is 57.0 Å². The number of carbonyl (C=O) groups is 5. The maximum Gasteiger partial charge on any atom is 0.325 e. The van der Waals surface area contributed by atoms with Gasteiger partial charge in [0.15, 0.2) is 0 Å². The van der Waals surface area contributed by atoms with Gasteiger partial charge in [-0.2, -0.15) is 0 Å². The van der Waals surface area contributed by atoms with Gasteiger partial charge in [0, 0.05) is 0 Å². The lowest BCUT2D eigenvalue weighted by atomic mass is 10.0. The smallest absolute Gasteiger partial charge is 0.325 e. The summed E-state index contributed by atoms with van der Waals surface area (Å²) in [5, 5.41) is 25.5. The number of carboxylic acid groups (broad SMARTS) is 1. The van der Waals surface area contributed by atoms with Gasteiger partial charge < -0.3 is 37.6 Å². The van der Waals surface area contributed by atoms with Crippen molar-refractivity contribution in [1.82, 2.24) is 16.0 Å². The third-order valence-corrected chi connectivity index (χ3v) is 4.47. The summed E-state index contributed by atoms with van der Waals surface area (Å²) in [4.78, 5) is 59.6. The summed E-state index contributed by atoms with van der Waals surface area (Å²) in [6.45, 7) is 2.43. The SMILES string of the molecule is CC(NC(=O)C(CC(N)=O)NC(=O)C(NC(=O)C(N)Cc1ccccc1)C(C)O)C(=O)O. The normalized spacial score (nSPS) is 15.4. The summed E-state index contributed by atoms with van der Waals surface area (Å²) in [6, 6.07) is 3.59. The minimum absolute atomic E-state index is 0.181. The van der Waals surface area contributed by atoms with Crippen LogP contribution < -0.4 is 27.4 Å². The van der Waals surface area contributed by atoms with E-state index in [-0.39, 0.29) is 6.42 Å². The van der Waals surface area contributed by atoms with Crippen LogP contribution in [0.15, 0.2) is 30.3 Å². The zero-order valence-corrected chi connectivity index (χ0v) is 17.8. The van der Waals surface area contributed by atoms with Crippen LogP contribution in [0.25, 0.3) is 0 Å². The highest BCUT2D eigenvalue weighted by Gasteiger charge is 2.32. The number of carbonyl (C=O) groups excluding carboxylic acids is 4. The van der Waals surface area contributed by atoms with E-state index < -0.39 is 66.3 Å². The van der Waals surface area contributed by atoms with Gasteiger partial charge in [-0.25, -0.2) is 0 Å². The maximum absolute atomic E-state index is 12.6. The number of aliphatic carboxylic acids is 1. The van der Waals surface area contributed by atoms with Crippen LogP contribution in [0, 0.1) is 0 Å². The second-order valence-electron chi connectivity index (χ2n) is 7.32. The van der Waals surface area contributed by atoms with Gasteiger partial charge in [-0.05, 0) is 25.8 Å². The summed E-state index contributed by atoms with van der Waals surface area (Å²) in [6.07, 6.45) is -1.82. The molecule has 32 heavy (non-hydrogen) atoms. The van der Waals surface area contributed by atoms with Crippen molar-refractivity contribution < 1.29 is 34.2 Å². The standard InChI is InChI=1S/C20H29N5O7/c1-10(20(31)32)23-18(29)14(9-15(22)27)24-19(30)16(11(2)26)25-17(28)13(21)8-12-6-4-3-5-7-12/h3-7,10-11,13-14,16,26H,8-9,21H2,1-2H3,(H2,22,27)(H,23,29)(H,24,30)(H,25,28)(H,31,32). The zero-order chi connectivity index (χ0) is 24.4. The summed E-state index contributed by atoms with van der Waals surface area (Å²) in [5.41, 5.74) is 11.8. The van der Waals surface area contributed by atoms with E-state index in [2.05, 4.69) is 16.0 Å². The Balaban J connectivity index is 2.87. The third kappa shape index (κ3) is 8.70. The molecular weight excluding hydrogens is 422 g/mol. The van der Waals surface area contributed by atoms with Gasteiger partial charge in [0.1, 0.15) is 18.1 Å². The van der Waals surface area contributed by atoms with Gasteiger partial charge >= 0.3 is 5.97 Å². The van der Waals surface area contributed by atoms with Crippen molar-refractivity contribution in [1.29, 1.82) is 0 Å². The molecule has 0 aliphatic heterocycles. The van der Waals surface area contributed by atoms with Crippen LogP contribution in [0.5, 0.6) is 0 Å². The second-order valence-corrected chi connectivity index (χ2v) is 7.32. The van der Waals surface area contributed by atoms with E-state index >= 15 is 0 Å². The zero-order valence-electron chi connectivity index (χ0n) is 17.8. The number of hydrogen-bond acceptors (Lipinski definition) is 7. The molecule has 0 aliphatic rings. The molecule has 12 nitrogen and oxygen atoms in total. The summed E-state index contributed by atoms with van der Waals surface area (Å²) < 4.78 is 0. The Labute approximate surface area is 184 Å². The molecule has 0 heterocycles. The number of nitrogens with one attached hydrogen (secondary N) is 3. The Kier molecular flexibility index (Phi) is 10.3. The number of hydrogen-bond donors (Lipinski definition) is 7. The number of benzene rings is 1. The number of amides is 4. The molecule has 0 saturated carbocycles. The van der Waals surface area contributed by atoms with Gasteiger partial charge in [0.25, 0.3) is 0 Å². The molecule has 1 aromatic carbocycles. The van der Waals surface area contributed by atoms with Crippen molar-refractivity contribution in [2.75, 3.05) is 0 Å². The van der Waals surface area contributed by atoms with E-state index in [0.717, 1.165) is 5.56 Å². The molecule has 0 spiro atoms. The van der Waals surface area contributed by atoms with Crippen LogP contribution in [0.2, 0.25) is 0 Å². The predicted octanol–water partition coefficient (Wildman–Crippen LogP) is -2.63. The first-order chi connectivity index (χ1) is 14.9. The molecule has 0 radical (unpaired) electrons. The molecular formula is C20H29N5O7. The first-order valence-corrected chi connectivity index (χ1v) is 9.82. The summed E-state index contributed by atoms with van der Waals surface area (Å²) in [7, 11) is 0. The highest BCUT2D eigenvalue weighted by Crippen LogP contribution is 2.04. The van der Waals surface area contributed by atoms with Crippen LogP contribution in [0.3, 0.4) is 0 Å². The minimum Gasteiger partial charge on any atom is -0.480 e. The van der Waals surface area contributed by atoms with Gasteiger partial charge in [0.05, 0.1) is 18.6 Å². The number of aliphatic hydroxyl groups excluding tert-OH is 1. The van der Waals surface area contributed by atoms with E-state index in [1.807, 2.05) is 0 Å². The molecule has 1 aromatic rings. The predicted molar refractivity (Wildman–Crippen MR) is 113 cm³/mol. The van der Waals surface area contributed by atoms with Gasteiger partial charge in [0.2, 0.25) is 23.6 Å². The highest BCUT2D eigenvalue weighted by atomic mass is 16.4. The van der Waals surface area contributed by atoms with E-state index in [4.69, 9.17) is 16.6 Å². The molecule has 9 N–H and O–H groups in total. The number of rotatable bonds is 12. The molecule has 4 amide bonds. The maximum atomic E-state index is 12.6. The number of aliphatic hydroxyl groups is 1. The molecule has 1 rings (SSSR count). The fourth-order valence-electron chi connectivity index (χ4n) is 2.67. The van der Waals surface area contributed by atoms with Gasteiger partial charge in [-0.3, -0.25) is 24.0 Å². The Hall–Kier alpha value is -3.51. The summed E-state index contributed by atoms with van der Waals surface area (Å²) in [5.74, 6) is -4.93. The van der Waals surface area contributed by atoms with Crippen LogP contribution in [0.4, 0.5) is 0 Å². The van der Waals surface area contributed by atoms with Crippen LogP contribution in [0.1, 0.15) is 25.8 Å². The Morgan fingerprint density at radius 3 is 2.03 bits per heavy atom. The average Bonchev–Trinajstić information content (AvgIpc) is 2.71. The van der Waals surface area contributed by atoms with Crippen molar-refractivity contribution in [3.05, 3.63) is 35.9 Å². The molecule has 0 fully saturated rings.